The molecule has 2 rings (SSSR count). The molecule has 0 atom stereocenters. The minimum absolute atomic E-state index is 0.0150. The first-order chi connectivity index (χ1) is 7.99. The van der Waals surface area contributed by atoms with Crippen molar-refractivity contribution >= 4 is 60.6 Å². The number of aryl methyl sites for hydroxylation is 1. The molecule has 0 amide bonds. The third-order valence-corrected chi connectivity index (χ3v) is 5.61. The summed E-state index contributed by atoms with van der Waals surface area (Å²) in [7, 11) is 0. The summed E-state index contributed by atoms with van der Waals surface area (Å²) in [4.78, 5) is 14.0. The number of hydrogen-bond acceptors (Lipinski definition) is 2. The minimum atomic E-state index is 0.0150. The average Bonchev–Trinajstić information content (AvgIpc) is 2.62. The highest BCUT2D eigenvalue weighted by atomic mass is 79.9. The van der Waals surface area contributed by atoms with Gasteiger partial charge < -0.3 is 0 Å². The zero-order valence-electron chi connectivity index (χ0n) is 8.76. The van der Waals surface area contributed by atoms with Crippen molar-refractivity contribution in [1.82, 2.24) is 0 Å². The third-order valence-electron chi connectivity index (χ3n) is 2.26. The highest BCUT2D eigenvalue weighted by Gasteiger charge is 2.14. The second-order valence-electron chi connectivity index (χ2n) is 3.47. The number of hydrogen-bond donors (Lipinski definition) is 0. The van der Waals surface area contributed by atoms with Crippen LogP contribution in [-0.4, -0.2) is 5.78 Å². The van der Waals surface area contributed by atoms with Crippen LogP contribution in [0.4, 0.5) is 0 Å². The Labute approximate surface area is 125 Å². The monoisotopic (exact) mass is 392 g/mol. The Bertz CT molecular complexity index is 573. The molecular formula is C12H7Br2ClOS. The molecular weight excluding hydrogens is 387 g/mol. The van der Waals surface area contributed by atoms with E-state index in [4.69, 9.17) is 11.6 Å². The molecule has 0 saturated heterocycles. The van der Waals surface area contributed by atoms with E-state index in [2.05, 4.69) is 31.9 Å². The van der Waals surface area contributed by atoms with Crippen LogP contribution in [0.3, 0.4) is 0 Å². The Morgan fingerprint density at radius 1 is 1.24 bits per heavy atom. The average molecular weight is 395 g/mol. The summed E-state index contributed by atoms with van der Waals surface area (Å²) in [6.45, 7) is 1.98. The normalized spacial score (nSPS) is 10.6. The summed E-state index contributed by atoms with van der Waals surface area (Å²) >= 11 is 14.1. The topological polar surface area (TPSA) is 17.1 Å². The van der Waals surface area contributed by atoms with E-state index in [1.54, 1.807) is 18.2 Å². The van der Waals surface area contributed by atoms with Crippen LogP contribution in [-0.2, 0) is 0 Å². The molecule has 1 nitrogen and oxygen atoms in total. The second-order valence-corrected chi connectivity index (χ2v) is 6.84. The molecule has 0 spiro atoms. The van der Waals surface area contributed by atoms with Crippen LogP contribution in [0.15, 0.2) is 33.2 Å². The fourth-order valence-electron chi connectivity index (χ4n) is 1.35. The van der Waals surface area contributed by atoms with Crippen molar-refractivity contribution in [2.75, 3.05) is 0 Å². The molecule has 5 heteroatoms. The van der Waals surface area contributed by atoms with E-state index < -0.39 is 0 Å². The van der Waals surface area contributed by atoms with Gasteiger partial charge in [-0.1, -0.05) is 11.6 Å². The quantitative estimate of drug-likeness (QED) is 0.618. The van der Waals surface area contributed by atoms with Crippen LogP contribution in [0.2, 0.25) is 5.02 Å². The minimum Gasteiger partial charge on any atom is -0.288 e. The van der Waals surface area contributed by atoms with Crippen LogP contribution in [0, 0.1) is 6.92 Å². The first-order valence-corrected chi connectivity index (χ1v) is 7.53. The maximum atomic E-state index is 12.2. The molecule has 0 aliphatic rings. The summed E-state index contributed by atoms with van der Waals surface area (Å²) in [5.41, 5.74) is 0.634. The van der Waals surface area contributed by atoms with Gasteiger partial charge >= 0.3 is 0 Å². The first kappa shape index (κ1) is 13.3. The van der Waals surface area contributed by atoms with Crippen molar-refractivity contribution in [2.24, 2.45) is 0 Å². The van der Waals surface area contributed by atoms with E-state index in [-0.39, 0.29) is 5.78 Å². The van der Waals surface area contributed by atoms with Gasteiger partial charge in [-0.05, 0) is 63.0 Å². The molecule has 17 heavy (non-hydrogen) atoms. The lowest BCUT2D eigenvalue weighted by Crippen LogP contribution is -1.98. The summed E-state index contributed by atoms with van der Waals surface area (Å²) in [6, 6.07) is 7.05. The maximum absolute atomic E-state index is 12.2. The van der Waals surface area contributed by atoms with Crippen LogP contribution in [0.25, 0.3) is 0 Å². The molecule has 0 unspecified atom stereocenters. The summed E-state index contributed by atoms with van der Waals surface area (Å²) in [5, 5.41) is 0.602. The molecule has 0 radical (unpaired) electrons. The summed E-state index contributed by atoms with van der Waals surface area (Å²) < 4.78 is 1.70. The van der Waals surface area contributed by atoms with Crippen molar-refractivity contribution in [2.45, 2.75) is 6.92 Å². The molecule has 0 saturated carbocycles. The molecule has 1 heterocycles. The number of carbonyl (C=O) groups excluding carboxylic acids is 1. The number of ketones is 1. The lowest BCUT2D eigenvalue weighted by Gasteiger charge is -2.00. The lowest BCUT2D eigenvalue weighted by atomic mass is 10.1. The number of carbonyl (C=O) groups is 1. The second kappa shape index (κ2) is 5.22. The molecule has 0 aliphatic heterocycles. The van der Waals surface area contributed by atoms with Gasteiger partial charge in [0.05, 0.1) is 9.90 Å². The number of benzene rings is 1. The summed E-state index contributed by atoms with van der Waals surface area (Å²) in [6.07, 6.45) is 0. The number of thiophene rings is 1. The molecule has 0 fully saturated rings. The number of halogens is 3. The molecule has 1 aromatic heterocycles. The molecule has 0 bridgehead atoms. The number of rotatable bonds is 2. The Hall–Kier alpha value is -0.160. The Morgan fingerprint density at radius 2 is 1.94 bits per heavy atom. The van der Waals surface area contributed by atoms with Crippen molar-refractivity contribution in [3.8, 4) is 0 Å². The van der Waals surface area contributed by atoms with Crippen LogP contribution >= 0.6 is 54.8 Å². The van der Waals surface area contributed by atoms with Gasteiger partial charge in [0, 0.05) is 19.4 Å². The predicted molar refractivity (Wildman–Crippen MR) is 79.3 cm³/mol. The van der Waals surface area contributed by atoms with Crippen LogP contribution in [0.1, 0.15) is 20.1 Å². The van der Waals surface area contributed by atoms with Crippen LogP contribution < -0.4 is 0 Å². The highest BCUT2D eigenvalue weighted by Crippen LogP contribution is 2.30. The van der Waals surface area contributed by atoms with E-state index in [0.29, 0.717) is 10.6 Å². The van der Waals surface area contributed by atoms with Gasteiger partial charge in [-0.15, -0.1) is 11.3 Å². The van der Waals surface area contributed by atoms with Gasteiger partial charge in [-0.25, -0.2) is 0 Å². The Balaban J connectivity index is 2.40. The van der Waals surface area contributed by atoms with Crippen molar-refractivity contribution in [3.63, 3.8) is 0 Å². The van der Waals surface area contributed by atoms with E-state index >= 15 is 0 Å². The highest BCUT2D eigenvalue weighted by molar-refractivity contribution is 9.10. The van der Waals surface area contributed by atoms with Crippen molar-refractivity contribution in [3.05, 3.63) is 53.6 Å². The smallest absolute Gasteiger partial charge is 0.203 e. The van der Waals surface area contributed by atoms with Gasteiger partial charge in [0.15, 0.2) is 0 Å². The zero-order valence-corrected chi connectivity index (χ0v) is 13.5. The maximum Gasteiger partial charge on any atom is 0.203 e. The van der Waals surface area contributed by atoms with E-state index in [0.717, 1.165) is 18.7 Å². The predicted octanol–water partition coefficient (Wildman–Crippen LogP) is 5.47. The fourth-order valence-corrected chi connectivity index (χ4v) is 3.34. The summed E-state index contributed by atoms with van der Waals surface area (Å²) in [5.74, 6) is 0.0150. The zero-order chi connectivity index (χ0) is 12.6. The van der Waals surface area contributed by atoms with Crippen molar-refractivity contribution < 1.29 is 4.79 Å². The van der Waals surface area contributed by atoms with Gasteiger partial charge in [-0.2, -0.15) is 0 Å². The molecule has 2 aromatic rings. The van der Waals surface area contributed by atoms with Crippen LogP contribution in [0.5, 0.6) is 0 Å². The Kier molecular flexibility index (Phi) is 4.08. The largest absolute Gasteiger partial charge is 0.288 e. The molecule has 0 aliphatic carbocycles. The first-order valence-electron chi connectivity index (χ1n) is 4.74. The van der Waals surface area contributed by atoms with Gasteiger partial charge in [-0.3, -0.25) is 4.79 Å². The van der Waals surface area contributed by atoms with Gasteiger partial charge in [0.1, 0.15) is 0 Å². The fraction of sp³-hybridized carbons (Fsp3) is 0.0833. The van der Waals surface area contributed by atoms with E-state index in [1.807, 2.05) is 13.0 Å². The third kappa shape index (κ3) is 2.81. The van der Waals surface area contributed by atoms with Gasteiger partial charge in [0.2, 0.25) is 5.78 Å². The van der Waals surface area contributed by atoms with E-state index in [9.17, 15) is 4.79 Å². The molecule has 1 aromatic carbocycles. The lowest BCUT2D eigenvalue weighted by molar-refractivity contribution is 0.104. The van der Waals surface area contributed by atoms with Crippen molar-refractivity contribution in [1.29, 1.82) is 0 Å². The molecule has 88 valence electrons. The Morgan fingerprint density at radius 3 is 2.47 bits per heavy atom. The standard InChI is InChI=1S/C12H7Br2ClOS/c1-6-8(13)5-11(17-6)12(16)7-2-3-10(15)9(14)4-7/h2-5H,1H3. The SMILES string of the molecule is Cc1sc(C(=O)c2ccc(Cl)c(Br)c2)cc1Br. The molecule has 0 N–H and O–H groups in total. The van der Waals surface area contributed by atoms with Gasteiger partial charge in [0.25, 0.3) is 0 Å². The van der Waals surface area contributed by atoms with E-state index in [1.165, 1.54) is 11.3 Å².